The van der Waals surface area contributed by atoms with Crippen LogP contribution in [0, 0.1) is 19.7 Å². The third-order valence-electron chi connectivity index (χ3n) is 4.25. The molecule has 0 amide bonds. The highest BCUT2D eigenvalue weighted by Gasteiger charge is 2.18. The van der Waals surface area contributed by atoms with Gasteiger partial charge in [-0.25, -0.2) is 9.37 Å². The van der Waals surface area contributed by atoms with Crippen LogP contribution in [0.4, 0.5) is 4.39 Å². The smallest absolute Gasteiger partial charge is 0.328 e. The van der Waals surface area contributed by atoms with Gasteiger partial charge in [-0.3, -0.25) is 0 Å². The van der Waals surface area contributed by atoms with Gasteiger partial charge in [-0.2, -0.15) is 9.97 Å². The first-order valence-corrected chi connectivity index (χ1v) is 9.36. The third-order valence-corrected chi connectivity index (χ3v) is 4.25. The first kappa shape index (κ1) is 18.9. The summed E-state index contributed by atoms with van der Waals surface area (Å²) in [5.74, 6) is 0.823. The second-order valence-corrected chi connectivity index (χ2v) is 6.72. The highest BCUT2D eigenvalue weighted by Crippen LogP contribution is 2.31. The molecule has 0 fully saturated rings. The van der Waals surface area contributed by atoms with Gasteiger partial charge in [0, 0.05) is 5.56 Å². The highest BCUT2D eigenvalue weighted by atomic mass is 19.1. The number of oxazole rings is 1. The van der Waals surface area contributed by atoms with E-state index in [1.807, 2.05) is 38.1 Å². The molecule has 4 rings (SSSR count). The molecule has 0 radical (unpaired) electrons. The largest absolute Gasteiger partial charge is 0.476 e. The highest BCUT2D eigenvalue weighted by molar-refractivity contribution is 5.78. The molecule has 2 aromatic heterocycles. The summed E-state index contributed by atoms with van der Waals surface area (Å²) in [4.78, 5) is 13.2. The van der Waals surface area contributed by atoms with Gasteiger partial charge in [-0.15, -0.1) is 0 Å². The lowest BCUT2D eigenvalue weighted by Gasteiger charge is -2.07. The zero-order chi connectivity index (χ0) is 20.4. The lowest BCUT2D eigenvalue weighted by Crippen LogP contribution is -2.01. The fraction of sp³-hybridized carbons (Fsp3) is 0.227. The van der Waals surface area contributed by atoms with Crippen LogP contribution in [0.1, 0.15) is 24.5 Å². The maximum Gasteiger partial charge on any atom is 0.328 e. The standard InChI is InChI=1S/C22H20FN3O3/c1-4-10-27-20-18-21(29-19(24-18)15-7-5-6-13(2)11-15)26-22(25-20)28-16-8-9-17(23)14(3)12-16/h5-9,11-12H,4,10H2,1-3H3. The number of hydrogen-bond acceptors (Lipinski definition) is 6. The maximum atomic E-state index is 13.5. The normalized spacial score (nSPS) is 11.0. The fourth-order valence-electron chi connectivity index (χ4n) is 2.81. The van der Waals surface area contributed by atoms with Gasteiger partial charge in [-0.05, 0) is 56.2 Å². The van der Waals surface area contributed by atoms with Gasteiger partial charge in [0.1, 0.15) is 11.6 Å². The Morgan fingerprint density at radius 2 is 1.90 bits per heavy atom. The summed E-state index contributed by atoms with van der Waals surface area (Å²) in [6, 6.07) is 12.3. The van der Waals surface area contributed by atoms with E-state index in [9.17, 15) is 4.39 Å². The summed E-state index contributed by atoms with van der Waals surface area (Å²) in [6.07, 6.45) is 0.807. The molecule has 0 atom stereocenters. The van der Waals surface area contributed by atoms with Crippen LogP contribution in [0.15, 0.2) is 46.9 Å². The zero-order valence-corrected chi connectivity index (χ0v) is 16.4. The third kappa shape index (κ3) is 4.03. The van der Waals surface area contributed by atoms with Crippen molar-refractivity contribution in [2.45, 2.75) is 27.2 Å². The molecule has 4 aromatic rings. The van der Waals surface area contributed by atoms with Gasteiger partial charge in [0.15, 0.2) is 5.52 Å². The van der Waals surface area contributed by atoms with Crippen molar-refractivity contribution in [1.29, 1.82) is 0 Å². The number of halogens is 1. The van der Waals surface area contributed by atoms with Gasteiger partial charge < -0.3 is 13.9 Å². The van der Waals surface area contributed by atoms with E-state index in [4.69, 9.17) is 13.9 Å². The van der Waals surface area contributed by atoms with Crippen molar-refractivity contribution >= 4 is 11.2 Å². The second-order valence-electron chi connectivity index (χ2n) is 6.72. The van der Waals surface area contributed by atoms with Crippen molar-refractivity contribution in [2.24, 2.45) is 0 Å². The van der Waals surface area contributed by atoms with Crippen LogP contribution in [-0.4, -0.2) is 21.6 Å². The molecule has 0 bridgehead atoms. The van der Waals surface area contributed by atoms with Crippen LogP contribution in [0.2, 0.25) is 0 Å². The van der Waals surface area contributed by atoms with Gasteiger partial charge in [0.25, 0.3) is 11.6 Å². The summed E-state index contributed by atoms with van der Waals surface area (Å²) in [5, 5.41) is 0. The fourth-order valence-corrected chi connectivity index (χ4v) is 2.81. The predicted octanol–water partition coefficient (Wildman–Crippen LogP) is 5.62. The molecule has 2 aromatic carbocycles. The van der Waals surface area contributed by atoms with E-state index in [0.717, 1.165) is 17.5 Å². The number of benzene rings is 2. The Hall–Kier alpha value is -3.48. The molecule has 0 aliphatic rings. The Morgan fingerprint density at radius 3 is 2.66 bits per heavy atom. The van der Waals surface area contributed by atoms with Gasteiger partial charge in [0.2, 0.25) is 5.89 Å². The van der Waals surface area contributed by atoms with E-state index < -0.39 is 0 Å². The van der Waals surface area contributed by atoms with E-state index in [2.05, 4.69) is 15.0 Å². The van der Waals surface area contributed by atoms with Crippen LogP contribution in [0.25, 0.3) is 22.7 Å². The molecule has 7 heteroatoms. The van der Waals surface area contributed by atoms with E-state index in [1.165, 1.54) is 12.1 Å². The maximum absolute atomic E-state index is 13.5. The first-order valence-electron chi connectivity index (χ1n) is 9.36. The Morgan fingerprint density at radius 1 is 1.03 bits per heavy atom. The Labute approximate surface area is 167 Å². The molecule has 0 aliphatic heterocycles. The number of fused-ring (bicyclic) bond motifs is 1. The second kappa shape index (κ2) is 7.87. The van der Waals surface area contributed by atoms with Crippen molar-refractivity contribution in [3.63, 3.8) is 0 Å². The quantitative estimate of drug-likeness (QED) is 0.423. The molecule has 29 heavy (non-hydrogen) atoms. The molecule has 0 saturated heterocycles. The minimum Gasteiger partial charge on any atom is -0.476 e. The van der Waals surface area contributed by atoms with Crippen molar-refractivity contribution in [1.82, 2.24) is 15.0 Å². The van der Waals surface area contributed by atoms with Crippen molar-refractivity contribution in [3.8, 4) is 29.1 Å². The topological polar surface area (TPSA) is 70.3 Å². The summed E-state index contributed by atoms with van der Waals surface area (Å²) in [5.41, 5.74) is 3.08. The molecule has 2 heterocycles. The van der Waals surface area contributed by atoms with Gasteiger partial charge >= 0.3 is 6.01 Å². The first-order chi connectivity index (χ1) is 14.0. The summed E-state index contributed by atoms with van der Waals surface area (Å²) < 4.78 is 30.8. The van der Waals surface area contributed by atoms with E-state index in [0.29, 0.717) is 29.3 Å². The van der Waals surface area contributed by atoms with E-state index in [1.54, 1.807) is 13.0 Å². The summed E-state index contributed by atoms with van der Waals surface area (Å²) >= 11 is 0. The number of nitrogens with zero attached hydrogens (tertiary/aromatic N) is 3. The molecular weight excluding hydrogens is 373 g/mol. The molecular formula is C22H20FN3O3. The molecule has 148 valence electrons. The molecule has 0 aliphatic carbocycles. The van der Waals surface area contributed by atoms with Crippen LogP contribution in [-0.2, 0) is 0 Å². The van der Waals surface area contributed by atoms with Crippen molar-refractivity contribution in [2.75, 3.05) is 6.61 Å². The SMILES string of the molecule is CCCOc1nc(Oc2ccc(F)c(C)c2)nc2oc(-c3cccc(C)c3)nc12. The van der Waals surface area contributed by atoms with Crippen LogP contribution in [0.3, 0.4) is 0 Å². The Bertz CT molecular complexity index is 1170. The number of aryl methyl sites for hydroxylation is 2. The van der Waals surface area contributed by atoms with E-state index >= 15 is 0 Å². The van der Waals surface area contributed by atoms with Gasteiger partial charge in [0.05, 0.1) is 6.61 Å². The molecule has 0 saturated carbocycles. The number of aromatic nitrogens is 3. The Kier molecular flexibility index (Phi) is 5.12. The zero-order valence-electron chi connectivity index (χ0n) is 16.4. The number of hydrogen-bond donors (Lipinski definition) is 0. The van der Waals surface area contributed by atoms with Crippen LogP contribution < -0.4 is 9.47 Å². The van der Waals surface area contributed by atoms with Crippen molar-refractivity contribution < 1.29 is 18.3 Å². The average molecular weight is 393 g/mol. The molecule has 6 nitrogen and oxygen atoms in total. The average Bonchev–Trinajstić information content (AvgIpc) is 3.13. The van der Waals surface area contributed by atoms with E-state index in [-0.39, 0.29) is 23.4 Å². The Balaban J connectivity index is 1.76. The number of rotatable bonds is 6. The monoisotopic (exact) mass is 393 g/mol. The summed E-state index contributed by atoms with van der Waals surface area (Å²) in [6.45, 7) is 6.12. The number of ether oxygens (including phenoxy) is 2. The minimum absolute atomic E-state index is 0.0431. The molecule has 0 spiro atoms. The van der Waals surface area contributed by atoms with Crippen molar-refractivity contribution in [3.05, 3.63) is 59.4 Å². The predicted molar refractivity (Wildman–Crippen MR) is 107 cm³/mol. The van der Waals surface area contributed by atoms with Gasteiger partial charge in [-0.1, -0.05) is 24.6 Å². The summed E-state index contributed by atoms with van der Waals surface area (Å²) in [7, 11) is 0. The lowest BCUT2D eigenvalue weighted by molar-refractivity contribution is 0.302. The van der Waals surface area contributed by atoms with Crippen LogP contribution >= 0.6 is 0 Å². The molecule has 0 unspecified atom stereocenters. The minimum atomic E-state index is -0.307. The molecule has 0 N–H and O–H groups in total. The van der Waals surface area contributed by atoms with Crippen LogP contribution in [0.5, 0.6) is 17.6 Å². The lowest BCUT2D eigenvalue weighted by atomic mass is 10.1.